The second-order valence-electron chi connectivity index (χ2n) is 7.05. The third kappa shape index (κ3) is 3.16. The van der Waals surface area contributed by atoms with Gasteiger partial charge in [0.05, 0.1) is 17.0 Å². The number of aromatic hydroxyl groups is 1. The summed E-state index contributed by atoms with van der Waals surface area (Å²) in [5.74, 6) is 0.913. The Balaban J connectivity index is 1.91. The molecule has 0 aliphatic heterocycles. The number of benzene rings is 4. The molecule has 144 valence electrons. The smallest absolute Gasteiger partial charge is 0.149 e. The molecule has 3 heteroatoms. The van der Waals surface area contributed by atoms with Gasteiger partial charge in [-0.05, 0) is 24.3 Å². The fourth-order valence-electron chi connectivity index (χ4n) is 3.75. The number of rotatable bonds is 4. The molecule has 5 rings (SSSR count). The lowest BCUT2D eigenvalue weighted by atomic mass is 10.0. The second kappa shape index (κ2) is 7.72. The Hall–Kier alpha value is -4.11. The van der Waals surface area contributed by atoms with Crippen LogP contribution in [0.4, 0.5) is 0 Å². The fourth-order valence-corrected chi connectivity index (χ4v) is 3.75. The zero-order valence-corrected chi connectivity index (χ0v) is 16.3. The van der Waals surface area contributed by atoms with Crippen LogP contribution in [0, 0.1) is 0 Å². The van der Waals surface area contributed by atoms with Crippen LogP contribution in [0.3, 0.4) is 0 Å². The molecule has 3 nitrogen and oxygen atoms in total. The number of phenols is 1. The Morgan fingerprint density at radius 3 is 1.73 bits per heavy atom. The predicted octanol–water partition coefficient (Wildman–Crippen LogP) is 6.58. The van der Waals surface area contributed by atoms with Crippen LogP contribution in [0.5, 0.6) is 5.75 Å². The van der Waals surface area contributed by atoms with Gasteiger partial charge in [-0.2, -0.15) is 0 Å². The number of aromatic nitrogens is 2. The van der Waals surface area contributed by atoms with Gasteiger partial charge in [-0.3, -0.25) is 4.57 Å². The Labute approximate surface area is 175 Å². The average molecular weight is 388 g/mol. The summed E-state index contributed by atoms with van der Waals surface area (Å²) in [5, 5.41) is 10.6. The molecule has 1 aromatic heterocycles. The van der Waals surface area contributed by atoms with E-state index < -0.39 is 0 Å². The van der Waals surface area contributed by atoms with Gasteiger partial charge in [0.15, 0.2) is 0 Å². The standard InChI is InChI=1S/C27H20N2O/c30-24-19-11-10-18-23(24)27-28-25(20-12-4-1-5-13-20)26(21-14-6-2-7-15-21)29(27)22-16-8-3-9-17-22/h1-19,30H. The van der Waals surface area contributed by atoms with E-state index in [1.54, 1.807) is 6.07 Å². The quantitative estimate of drug-likeness (QED) is 0.378. The highest BCUT2D eigenvalue weighted by atomic mass is 16.3. The van der Waals surface area contributed by atoms with Crippen LogP contribution in [0.25, 0.3) is 39.6 Å². The molecule has 1 N–H and O–H groups in total. The molecule has 0 fully saturated rings. The van der Waals surface area contributed by atoms with Crippen molar-refractivity contribution in [2.75, 3.05) is 0 Å². The maximum absolute atomic E-state index is 10.6. The molecule has 5 aromatic rings. The van der Waals surface area contributed by atoms with Crippen molar-refractivity contribution in [1.82, 2.24) is 9.55 Å². The van der Waals surface area contributed by atoms with Gasteiger partial charge in [0.25, 0.3) is 0 Å². The lowest BCUT2D eigenvalue weighted by molar-refractivity contribution is 0.477. The van der Waals surface area contributed by atoms with E-state index in [2.05, 4.69) is 41.0 Å². The van der Waals surface area contributed by atoms with Crippen molar-refractivity contribution in [2.24, 2.45) is 0 Å². The van der Waals surface area contributed by atoms with Crippen LogP contribution in [-0.4, -0.2) is 14.7 Å². The van der Waals surface area contributed by atoms with E-state index in [-0.39, 0.29) is 5.75 Å². The number of nitrogens with zero attached hydrogens (tertiary/aromatic N) is 2. The lowest BCUT2D eigenvalue weighted by Crippen LogP contribution is -2.00. The lowest BCUT2D eigenvalue weighted by Gasteiger charge is -2.14. The Bertz CT molecular complexity index is 1280. The van der Waals surface area contributed by atoms with E-state index >= 15 is 0 Å². The van der Waals surface area contributed by atoms with E-state index in [0.717, 1.165) is 28.2 Å². The highest BCUT2D eigenvalue weighted by Gasteiger charge is 2.23. The first kappa shape index (κ1) is 18.0. The van der Waals surface area contributed by atoms with E-state index in [9.17, 15) is 5.11 Å². The number of phenolic OH excluding ortho intramolecular Hbond substituents is 1. The van der Waals surface area contributed by atoms with E-state index in [1.807, 2.05) is 72.8 Å². The van der Waals surface area contributed by atoms with Crippen molar-refractivity contribution in [3.8, 4) is 45.3 Å². The van der Waals surface area contributed by atoms with Gasteiger partial charge in [-0.15, -0.1) is 0 Å². The van der Waals surface area contributed by atoms with Gasteiger partial charge >= 0.3 is 0 Å². The second-order valence-corrected chi connectivity index (χ2v) is 7.05. The Morgan fingerprint density at radius 1 is 0.567 bits per heavy atom. The SMILES string of the molecule is Oc1ccccc1-c1nc(-c2ccccc2)c(-c2ccccc2)n1-c1ccccc1. The van der Waals surface area contributed by atoms with Crippen LogP contribution >= 0.6 is 0 Å². The topological polar surface area (TPSA) is 38.1 Å². The van der Waals surface area contributed by atoms with Crippen molar-refractivity contribution < 1.29 is 5.11 Å². The molecule has 1 heterocycles. The third-order valence-corrected chi connectivity index (χ3v) is 5.13. The fraction of sp³-hybridized carbons (Fsp3) is 0. The summed E-state index contributed by atoms with van der Waals surface area (Å²) in [4.78, 5) is 5.07. The first-order chi connectivity index (χ1) is 14.8. The molecule has 0 amide bonds. The summed E-state index contributed by atoms with van der Waals surface area (Å²) < 4.78 is 2.13. The summed E-state index contributed by atoms with van der Waals surface area (Å²) in [7, 11) is 0. The molecule has 0 bridgehead atoms. The maximum Gasteiger partial charge on any atom is 0.149 e. The van der Waals surface area contributed by atoms with Crippen molar-refractivity contribution in [3.63, 3.8) is 0 Å². The van der Waals surface area contributed by atoms with Crippen LogP contribution < -0.4 is 0 Å². The van der Waals surface area contributed by atoms with Gasteiger partial charge in [0.1, 0.15) is 11.6 Å². The third-order valence-electron chi connectivity index (χ3n) is 5.13. The average Bonchev–Trinajstić information content (AvgIpc) is 3.21. The molecule has 0 atom stereocenters. The van der Waals surface area contributed by atoms with Crippen LogP contribution in [-0.2, 0) is 0 Å². The number of hydrogen-bond donors (Lipinski definition) is 1. The number of para-hydroxylation sites is 2. The van der Waals surface area contributed by atoms with Gasteiger partial charge in [-0.25, -0.2) is 4.98 Å². The Kier molecular flexibility index (Phi) is 4.62. The molecule has 0 spiro atoms. The normalized spacial score (nSPS) is 10.8. The van der Waals surface area contributed by atoms with Crippen LogP contribution in [0.1, 0.15) is 0 Å². The summed E-state index contributed by atoms with van der Waals surface area (Å²) in [5.41, 5.74) is 5.65. The molecular formula is C27H20N2O. The molecule has 30 heavy (non-hydrogen) atoms. The maximum atomic E-state index is 10.6. The monoisotopic (exact) mass is 388 g/mol. The van der Waals surface area contributed by atoms with Crippen molar-refractivity contribution >= 4 is 0 Å². The zero-order valence-electron chi connectivity index (χ0n) is 16.3. The van der Waals surface area contributed by atoms with E-state index in [1.165, 1.54) is 0 Å². The zero-order chi connectivity index (χ0) is 20.3. The number of hydrogen-bond acceptors (Lipinski definition) is 2. The van der Waals surface area contributed by atoms with Gasteiger partial charge in [-0.1, -0.05) is 91.0 Å². The summed E-state index contributed by atoms with van der Waals surface area (Å²) in [6.45, 7) is 0. The summed E-state index contributed by atoms with van der Waals surface area (Å²) >= 11 is 0. The highest BCUT2D eigenvalue weighted by Crippen LogP contribution is 2.40. The molecule has 0 aliphatic carbocycles. The minimum Gasteiger partial charge on any atom is -0.507 e. The van der Waals surface area contributed by atoms with Gasteiger partial charge < -0.3 is 5.11 Å². The van der Waals surface area contributed by atoms with Gasteiger partial charge in [0.2, 0.25) is 0 Å². The molecule has 0 radical (unpaired) electrons. The van der Waals surface area contributed by atoms with Crippen LogP contribution in [0.2, 0.25) is 0 Å². The molecule has 0 aliphatic rings. The number of imidazole rings is 1. The summed E-state index contributed by atoms with van der Waals surface area (Å²) in [6, 6.07) is 37.9. The van der Waals surface area contributed by atoms with E-state index in [4.69, 9.17) is 4.98 Å². The molecule has 0 saturated heterocycles. The Morgan fingerprint density at radius 2 is 1.10 bits per heavy atom. The first-order valence-electron chi connectivity index (χ1n) is 9.90. The molecule has 4 aromatic carbocycles. The van der Waals surface area contributed by atoms with Crippen molar-refractivity contribution in [3.05, 3.63) is 115 Å². The predicted molar refractivity (Wildman–Crippen MR) is 122 cm³/mol. The molecular weight excluding hydrogens is 368 g/mol. The van der Waals surface area contributed by atoms with Gasteiger partial charge in [0, 0.05) is 16.8 Å². The summed E-state index contributed by atoms with van der Waals surface area (Å²) in [6.07, 6.45) is 0. The highest BCUT2D eigenvalue weighted by molar-refractivity contribution is 5.84. The van der Waals surface area contributed by atoms with E-state index in [0.29, 0.717) is 11.4 Å². The van der Waals surface area contributed by atoms with Crippen LogP contribution in [0.15, 0.2) is 115 Å². The van der Waals surface area contributed by atoms with Crippen molar-refractivity contribution in [2.45, 2.75) is 0 Å². The molecule has 0 saturated carbocycles. The first-order valence-corrected chi connectivity index (χ1v) is 9.90. The minimum atomic E-state index is 0.207. The molecule has 0 unspecified atom stereocenters. The minimum absolute atomic E-state index is 0.207. The largest absolute Gasteiger partial charge is 0.507 e. The van der Waals surface area contributed by atoms with Crippen molar-refractivity contribution in [1.29, 1.82) is 0 Å².